The molecule has 9 aromatic carbocycles. The quantitative estimate of drug-likeness (QED) is 0.143. The van der Waals surface area contributed by atoms with Crippen molar-refractivity contribution in [3.05, 3.63) is 169 Å². The fourth-order valence-electron chi connectivity index (χ4n) is 5.28. The largest absolute Gasteiger partial charge is 0.0636 e. The van der Waals surface area contributed by atoms with E-state index in [1.54, 1.807) is 0 Å². The molecule has 9 rings (SSSR count). The first-order valence-corrected chi connectivity index (χ1v) is 13.1. The third-order valence-corrected chi connectivity index (χ3v) is 7.19. The Morgan fingerprint density at radius 3 is 1.50 bits per heavy atom. The SMILES string of the molecule is [2H]c1cc2c([2H])c([2H])c([2H])c([2H])c2c(-c2c3c([2H])c([2H])c([2H])c([2H])c3c(-c3c([2H])c([2H])c(-c4c([2H])c([2H])c5c(c4[2H])c([2H])c([2H])c4c([2H])c([2H])c([2H])c([2H])c45)c([2H])c3[2H])c3c([2H])c([2H])c([2H])c([2H])c23)c1[2H]. The molecule has 0 bridgehead atoms. The van der Waals surface area contributed by atoms with Gasteiger partial charge in [0.05, 0.1) is 37.0 Å². The molecule has 0 spiro atoms. The van der Waals surface area contributed by atoms with Crippen LogP contribution in [0.3, 0.4) is 0 Å². The molecule has 44 heavy (non-hydrogen) atoms. The number of fused-ring (bicyclic) bond motifs is 6. The minimum absolute atomic E-state index is 0.338. The summed E-state index contributed by atoms with van der Waals surface area (Å²) in [6, 6.07) is -22.9. The summed E-state index contributed by atoms with van der Waals surface area (Å²) in [4.78, 5) is 0. The second kappa shape index (κ2) is 9.93. The lowest BCUT2D eigenvalue weighted by atomic mass is 9.84. The van der Waals surface area contributed by atoms with E-state index in [0.717, 1.165) is 6.07 Å². The predicted octanol–water partition coefficient (Wildman–Crippen LogP) is 12.5. The summed E-state index contributed by atoms with van der Waals surface area (Å²) in [5.74, 6) is 0. The monoisotopic (exact) mass is 583 g/mol. The van der Waals surface area contributed by atoms with Crippen LogP contribution in [-0.4, -0.2) is 0 Å². The Labute approximate surface area is 294 Å². The van der Waals surface area contributed by atoms with Gasteiger partial charge in [-0.3, -0.25) is 0 Å². The van der Waals surface area contributed by atoms with E-state index in [1.807, 2.05) is 0 Å². The molecule has 0 aromatic heterocycles. The minimum atomic E-state index is -1.09. The van der Waals surface area contributed by atoms with E-state index in [2.05, 4.69) is 0 Å². The Hall–Kier alpha value is -5.72. The zero-order valence-electron chi connectivity index (χ0n) is 49.1. The van der Waals surface area contributed by atoms with Crippen LogP contribution in [0, 0.1) is 0 Å². The topological polar surface area (TPSA) is 0 Å². The molecule has 0 N–H and O–H groups in total. The second-order valence-corrected chi connectivity index (χ2v) is 9.58. The van der Waals surface area contributed by atoms with E-state index < -0.39 is 245 Å². The third-order valence-electron chi connectivity index (χ3n) is 7.19. The highest BCUT2D eigenvalue weighted by molar-refractivity contribution is 6.23. The standard InChI is InChI=1S/C44H28/c1-4-14-36-30(10-1)12-9-19-38(36)44-41-17-7-5-15-39(41)43(40-16-6-8-18-42(40)44)32-23-20-29(21-24-32)33-26-27-37-34(28-33)25-22-31-11-2-3-13-35(31)37/h1-28H/i1D,2D,3D,4D,5D,6D,7D,8D,9D,10D,11D,13D,14D,15D,16D,17D,18D,19D,20D,21D,22D,23D,24D,25D,26D,27D,28D. The smallest absolute Gasteiger partial charge is 0.0616 e. The van der Waals surface area contributed by atoms with E-state index in [4.69, 9.17) is 23.3 Å². The van der Waals surface area contributed by atoms with Crippen molar-refractivity contribution in [2.45, 2.75) is 0 Å². The van der Waals surface area contributed by atoms with E-state index in [-0.39, 0.29) is 5.39 Å². The highest BCUT2D eigenvalue weighted by atomic mass is 14.2. The molecule has 0 heteroatoms. The van der Waals surface area contributed by atoms with Crippen LogP contribution < -0.4 is 0 Å². The zero-order chi connectivity index (χ0) is 52.5. The highest BCUT2D eigenvalue weighted by Gasteiger charge is 2.17. The Balaban J connectivity index is 1.53. The average Bonchev–Trinajstić information content (AvgIpc) is 3.33. The highest BCUT2D eigenvalue weighted by Crippen LogP contribution is 2.45. The summed E-state index contributed by atoms with van der Waals surface area (Å²) in [6.07, 6.45) is 0. The summed E-state index contributed by atoms with van der Waals surface area (Å²) >= 11 is 0. The summed E-state index contributed by atoms with van der Waals surface area (Å²) in [5.41, 5.74) is -4.43. The van der Waals surface area contributed by atoms with Crippen LogP contribution in [0.2, 0.25) is 0 Å². The number of hydrogen-bond acceptors (Lipinski definition) is 0. The van der Waals surface area contributed by atoms with Gasteiger partial charge in [-0.15, -0.1) is 0 Å². The Bertz CT molecular complexity index is 3960. The maximum Gasteiger partial charge on any atom is 0.0636 e. The molecular weight excluding hydrogens is 528 g/mol. The lowest BCUT2D eigenvalue weighted by Gasteiger charge is -2.19. The van der Waals surface area contributed by atoms with Crippen molar-refractivity contribution < 1.29 is 37.0 Å². The van der Waals surface area contributed by atoms with E-state index >= 15 is 0 Å². The van der Waals surface area contributed by atoms with Crippen LogP contribution in [-0.2, 0) is 0 Å². The number of hydrogen-bond donors (Lipinski definition) is 0. The molecule has 0 saturated carbocycles. The van der Waals surface area contributed by atoms with Crippen molar-refractivity contribution >= 4 is 53.9 Å². The van der Waals surface area contributed by atoms with Gasteiger partial charge in [0.25, 0.3) is 0 Å². The molecule has 0 radical (unpaired) electrons. The Morgan fingerprint density at radius 2 is 0.795 bits per heavy atom. The third kappa shape index (κ3) is 3.85. The van der Waals surface area contributed by atoms with Crippen molar-refractivity contribution in [1.82, 2.24) is 0 Å². The van der Waals surface area contributed by atoms with Crippen LogP contribution >= 0.6 is 0 Å². The normalized spacial score (nSPS) is 20.2. The van der Waals surface area contributed by atoms with Gasteiger partial charge in [-0.25, -0.2) is 0 Å². The first-order valence-electron chi connectivity index (χ1n) is 26.6. The van der Waals surface area contributed by atoms with Crippen molar-refractivity contribution in [1.29, 1.82) is 0 Å². The summed E-state index contributed by atoms with van der Waals surface area (Å²) in [5, 5.41) is -5.62. The molecule has 0 aliphatic heterocycles. The summed E-state index contributed by atoms with van der Waals surface area (Å²) in [7, 11) is 0. The number of rotatable bonds is 3. The van der Waals surface area contributed by atoms with Gasteiger partial charge in [-0.1, -0.05) is 163 Å². The average molecular weight is 584 g/mol. The molecule has 0 saturated heterocycles. The van der Waals surface area contributed by atoms with Crippen LogP contribution in [0.4, 0.5) is 0 Å². The van der Waals surface area contributed by atoms with Gasteiger partial charge in [-0.05, 0) is 93.3 Å². The van der Waals surface area contributed by atoms with Crippen LogP contribution in [0.5, 0.6) is 0 Å². The second-order valence-electron chi connectivity index (χ2n) is 9.58. The lowest BCUT2D eigenvalue weighted by Crippen LogP contribution is -1.91. The van der Waals surface area contributed by atoms with Gasteiger partial charge >= 0.3 is 0 Å². The van der Waals surface area contributed by atoms with Gasteiger partial charge in [0.2, 0.25) is 0 Å². The lowest BCUT2D eigenvalue weighted by molar-refractivity contribution is 1.63. The molecule has 0 heterocycles. The first kappa shape index (κ1) is 9.91. The fraction of sp³-hybridized carbons (Fsp3) is 0. The van der Waals surface area contributed by atoms with Crippen LogP contribution in [0.15, 0.2) is 169 Å². The van der Waals surface area contributed by atoms with E-state index in [9.17, 15) is 13.7 Å². The van der Waals surface area contributed by atoms with Gasteiger partial charge in [0.15, 0.2) is 0 Å². The molecule has 0 amide bonds. The molecule has 204 valence electrons. The maximum absolute atomic E-state index is 9.54. The van der Waals surface area contributed by atoms with Crippen molar-refractivity contribution in [3.63, 3.8) is 0 Å². The Morgan fingerprint density at radius 1 is 0.295 bits per heavy atom. The van der Waals surface area contributed by atoms with E-state index in [1.165, 1.54) is 0 Å². The van der Waals surface area contributed by atoms with E-state index in [0.29, 0.717) is 0 Å². The molecule has 0 unspecified atom stereocenters. The predicted molar refractivity (Wildman–Crippen MR) is 190 cm³/mol. The number of benzene rings is 9. The van der Waals surface area contributed by atoms with Crippen molar-refractivity contribution in [2.75, 3.05) is 0 Å². The summed E-state index contributed by atoms with van der Waals surface area (Å²) < 4.78 is 242. The van der Waals surface area contributed by atoms with Crippen LogP contribution in [0.1, 0.15) is 37.0 Å². The molecule has 0 atom stereocenters. The van der Waals surface area contributed by atoms with Gasteiger partial charge in [0.1, 0.15) is 0 Å². The van der Waals surface area contributed by atoms with Crippen molar-refractivity contribution in [3.8, 4) is 33.4 Å². The molecule has 0 aliphatic carbocycles. The minimum Gasteiger partial charge on any atom is -0.0616 e. The van der Waals surface area contributed by atoms with Gasteiger partial charge in [-0.2, -0.15) is 0 Å². The summed E-state index contributed by atoms with van der Waals surface area (Å²) in [6.45, 7) is 0. The Kier molecular flexibility index (Phi) is 2.24. The van der Waals surface area contributed by atoms with Gasteiger partial charge in [0, 0.05) is 0 Å². The molecular formula is C44H28. The van der Waals surface area contributed by atoms with Gasteiger partial charge < -0.3 is 0 Å². The first-order chi connectivity index (χ1) is 33.1. The molecule has 9 aromatic rings. The molecule has 0 fully saturated rings. The van der Waals surface area contributed by atoms with Crippen LogP contribution in [0.25, 0.3) is 87.2 Å². The molecule has 0 nitrogen and oxygen atoms in total. The maximum atomic E-state index is 9.54. The van der Waals surface area contributed by atoms with Crippen molar-refractivity contribution in [2.24, 2.45) is 0 Å². The zero-order valence-corrected chi connectivity index (χ0v) is 22.1. The fourth-order valence-corrected chi connectivity index (χ4v) is 5.28. The molecule has 0 aliphatic rings.